The zero-order valence-corrected chi connectivity index (χ0v) is 13.4. The summed E-state index contributed by atoms with van der Waals surface area (Å²) in [5, 5.41) is 5.34. The maximum absolute atomic E-state index is 12.1. The van der Waals surface area contributed by atoms with Gasteiger partial charge in [0.15, 0.2) is 0 Å². The first-order valence-electron chi connectivity index (χ1n) is 7.11. The number of nitrogens with one attached hydrogen (secondary N) is 2. The van der Waals surface area contributed by atoms with Crippen LogP contribution in [-0.2, 0) is 9.59 Å². The summed E-state index contributed by atoms with van der Waals surface area (Å²) in [4.78, 5) is 37.9. The van der Waals surface area contributed by atoms with Crippen LogP contribution in [0, 0.1) is 0 Å². The van der Waals surface area contributed by atoms with Crippen molar-refractivity contribution >= 4 is 35.3 Å². The lowest BCUT2D eigenvalue weighted by Crippen LogP contribution is -2.38. The molecule has 1 aliphatic rings. The molecular formula is C15H19N3O3S. The highest BCUT2D eigenvalue weighted by Gasteiger charge is 2.38. The number of anilines is 1. The van der Waals surface area contributed by atoms with Gasteiger partial charge in [0.2, 0.25) is 5.91 Å². The zero-order valence-electron chi connectivity index (χ0n) is 12.6. The molecule has 4 amide bonds. The number of imide groups is 1. The molecule has 0 saturated carbocycles. The first kappa shape index (κ1) is 16.4. The van der Waals surface area contributed by atoms with Crippen molar-refractivity contribution in [3.63, 3.8) is 0 Å². The van der Waals surface area contributed by atoms with Crippen molar-refractivity contribution in [3.8, 4) is 0 Å². The molecule has 1 aliphatic heterocycles. The van der Waals surface area contributed by atoms with E-state index in [9.17, 15) is 14.4 Å². The summed E-state index contributed by atoms with van der Waals surface area (Å²) >= 11 is 1.51. The Labute approximate surface area is 133 Å². The standard InChI is InChI=1S/C15H19N3O3S/c1-3-6-11-14(20)18(15(21)17-11)9-13(19)16-10-7-4-5-8-12(10)22-2/h4-5,7-8,11H,3,6,9H2,1-2H3,(H,16,19)(H,17,21). The van der Waals surface area contributed by atoms with Crippen LogP contribution in [0.15, 0.2) is 29.2 Å². The predicted octanol–water partition coefficient (Wildman–Crippen LogP) is 2.07. The van der Waals surface area contributed by atoms with Gasteiger partial charge in [0, 0.05) is 4.90 Å². The number of rotatable bonds is 6. The summed E-state index contributed by atoms with van der Waals surface area (Å²) in [5.41, 5.74) is 0.678. The molecule has 22 heavy (non-hydrogen) atoms. The van der Waals surface area contributed by atoms with Gasteiger partial charge < -0.3 is 10.6 Å². The minimum Gasteiger partial charge on any atom is -0.326 e. The highest BCUT2D eigenvalue weighted by molar-refractivity contribution is 7.98. The number of amides is 4. The van der Waals surface area contributed by atoms with E-state index >= 15 is 0 Å². The van der Waals surface area contributed by atoms with Gasteiger partial charge >= 0.3 is 6.03 Å². The van der Waals surface area contributed by atoms with Gasteiger partial charge in [-0.1, -0.05) is 25.5 Å². The lowest BCUT2D eigenvalue weighted by molar-refractivity contribution is -0.130. The van der Waals surface area contributed by atoms with Gasteiger partial charge in [-0.05, 0) is 24.8 Å². The molecule has 1 heterocycles. The molecule has 1 aromatic rings. The van der Waals surface area contributed by atoms with Crippen LogP contribution in [0.25, 0.3) is 0 Å². The van der Waals surface area contributed by atoms with E-state index in [1.807, 2.05) is 31.4 Å². The van der Waals surface area contributed by atoms with E-state index < -0.39 is 12.1 Å². The molecule has 1 atom stereocenters. The van der Waals surface area contributed by atoms with Gasteiger partial charge in [-0.2, -0.15) is 0 Å². The van der Waals surface area contributed by atoms with Gasteiger partial charge in [-0.15, -0.1) is 11.8 Å². The first-order chi connectivity index (χ1) is 10.6. The third-order valence-electron chi connectivity index (χ3n) is 3.37. The molecule has 7 heteroatoms. The minimum atomic E-state index is -0.510. The molecule has 0 spiro atoms. The van der Waals surface area contributed by atoms with Crippen LogP contribution >= 0.6 is 11.8 Å². The maximum Gasteiger partial charge on any atom is 0.325 e. The largest absolute Gasteiger partial charge is 0.326 e. The lowest BCUT2D eigenvalue weighted by atomic mass is 10.2. The fraction of sp³-hybridized carbons (Fsp3) is 0.400. The number of hydrogen-bond donors (Lipinski definition) is 2. The van der Waals surface area contributed by atoms with Crippen molar-refractivity contribution in [2.45, 2.75) is 30.7 Å². The van der Waals surface area contributed by atoms with Gasteiger partial charge in [0.1, 0.15) is 12.6 Å². The SMILES string of the molecule is CCCC1NC(=O)N(CC(=O)Nc2ccccc2SC)C1=O. The summed E-state index contributed by atoms with van der Waals surface area (Å²) < 4.78 is 0. The summed E-state index contributed by atoms with van der Waals surface area (Å²) in [6, 6.07) is 6.37. The molecule has 1 saturated heterocycles. The van der Waals surface area contributed by atoms with Gasteiger partial charge in [0.05, 0.1) is 5.69 Å². The minimum absolute atomic E-state index is 0.270. The van der Waals surface area contributed by atoms with Crippen LogP contribution in [0.2, 0.25) is 0 Å². The molecular weight excluding hydrogens is 302 g/mol. The zero-order chi connectivity index (χ0) is 16.1. The highest BCUT2D eigenvalue weighted by Crippen LogP contribution is 2.24. The summed E-state index contributed by atoms with van der Waals surface area (Å²) in [5.74, 6) is -0.720. The third kappa shape index (κ3) is 3.59. The number of carbonyl (C=O) groups is 3. The molecule has 0 radical (unpaired) electrons. The molecule has 0 bridgehead atoms. The molecule has 0 aromatic heterocycles. The summed E-state index contributed by atoms with van der Waals surface area (Å²) in [6.07, 6.45) is 3.29. The number of carbonyl (C=O) groups excluding carboxylic acids is 3. The monoisotopic (exact) mass is 321 g/mol. The Kier molecular flexibility index (Phi) is 5.43. The lowest BCUT2D eigenvalue weighted by Gasteiger charge is -2.14. The van der Waals surface area contributed by atoms with Crippen molar-refractivity contribution in [1.82, 2.24) is 10.2 Å². The van der Waals surface area contributed by atoms with E-state index in [1.165, 1.54) is 11.8 Å². The van der Waals surface area contributed by atoms with Crippen molar-refractivity contribution < 1.29 is 14.4 Å². The van der Waals surface area contributed by atoms with Crippen LogP contribution in [0.3, 0.4) is 0 Å². The van der Waals surface area contributed by atoms with Crippen molar-refractivity contribution in [2.24, 2.45) is 0 Å². The Morgan fingerprint density at radius 3 is 2.77 bits per heavy atom. The van der Waals surface area contributed by atoms with Crippen molar-refractivity contribution in [2.75, 3.05) is 18.1 Å². The highest BCUT2D eigenvalue weighted by atomic mass is 32.2. The number of thioether (sulfide) groups is 1. The number of hydrogen-bond acceptors (Lipinski definition) is 4. The quantitative estimate of drug-likeness (QED) is 0.621. The van der Waals surface area contributed by atoms with E-state index in [4.69, 9.17) is 0 Å². The number of nitrogens with zero attached hydrogens (tertiary/aromatic N) is 1. The summed E-state index contributed by atoms with van der Waals surface area (Å²) in [7, 11) is 0. The molecule has 0 aliphatic carbocycles. The first-order valence-corrected chi connectivity index (χ1v) is 8.34. The molecule has 2 N–H and O–H groups in total. The van der Waals surface area contributed by atoms with Crippen molar-refractivity contribution in [1.29, 1.82) is 0 Å². The fourth-order valence-electron chi connectivity index (χ4n) is 2.29. The average molecular weight is 321 g/mol. The van der Waals surface area contributed by atoms with Gasteiger partial charge in [-0.25, -0.2) is 4.79 Å². The van der Waals surface area contributed by atoms with Gasteiger partial charge in [0.25, 0.3) is 5.91 Å². The number of urea groups is 1. The predicted molar refractivity (Wildman–Crippen MR) is 85.8 cm³/mol. The molecule has 1 fully saturated rings. The Bertz CT molecular complexity index is 591. The average Bonchev–Trinajstić information content (AvgIpc) is 2.76. The second-order valence-electron chi connectivity index (χ2n) is 4.96. The van der Waals surface area contributed by atoms with E-state index in [0.717, 1.165) is 16.2 Å². The van der Waals surface area contributed by atoms with Crippen LogP contribution in [0.1, 0.15) is 19.8 Å². The molecule has 1 aromatic carbocycles. The molecule has 6 nitrogen and oxygen atoms in total. The number of benzene rings is 1. The van der Waals surface area contributed by atoms with E-state index in [1.54, 1.807) is 6.07 Å². The Balaban J connectivity index is 2.00. The maximum atomic E-state index is 12.1. The normalized spacial score (nSPS) is 17.5. The van der Waals surface area contributed by atoms with Crippen LogP contribution < -0.4 is 10.6 Å². The number of para-hydroxylation sites is 1. The van der Waals surface area contributed by atoms with Crippen LogP contribution in [0.4, 0.5) is 10.5 Å². The Hall–Kier alpha value is -2.02. The topological polar surface area (TPSA) is 78.5 Å². The van der Waals surface area contributed by atoms with Gasteiger partial charge in [-0.3, -0.25) is 14.5 Å². The Morgan fingerprint density at radius 1 is 1.36 bits per heavy atom. The fourth-order valence-corrected chi connectivity index (χ4v) is 2.85. The molecule has 1 unspecified atom stereocenters. The van der Waals surface area contributed by atoms with Crippen molar-refractivity contribution in [3.05, 3.63) is 24.3 Å². The summed E-state index contributed by atoms with van der Waals surface area (Å²) in [6.45, 7) is 1.67. The van der Waals surface area contributed by atoms with Crippen LogP contribution in [0.5, 0.6) is 0 Å². The van der Waals surface area contributed by atoms with E-state index in [2.05, 4.69) is 10.6 Å². The smallest absolute Gasteiger partial charge is 0.325 e. The Morgan fingerprint density at radius 2 is 2.09 bits per heavy atom. The van der Waals surface area contributed by atoms with E-state index in [0.29, 0.717) is 12.1 Å². The van der Waals surface area contributed by atoms with Crippen LogP contribution in [-0.4, -0.2) is 41.6 Å². The van der Waals surface area contributed by atoms with E-state index in [-0.39, 0.29) is 18.4 Å². The second-order valence-corrected chi connectivity index (χ2v) is 5.81. The third-order valence-corrected chi connectivity index (χ3v) is 4.16. The molecule has 118 valence electrons. The second kappa shape index (κ2) is 7.31. The molecule has 2 rings (SSSR count).